The molecule has 1 fully saturated rings. The highest BCUT2D eigenvalue weighted by molar-refractivity contribution is 5.65. The van der Waals surface area contributed by atoms with Crippen molar-refractivity contribution in [2.24, 2.45) is 0 Å². The van der Waals surface area contributed by atoms with Gasteiger partial charge in [0.05, 0.1) is 11.3 Å². The molecule has 3 rings (SSSR count). The first-order valence-corrected chi connectivity index (χ1v) is 9.31. The molecule has 0 atom stereocenters. The molecule has 1 aromatic carbocycles. The third-order valence-corrected chi connectivity index (χ3v) is 4.75. The summed E-state index contributed by atoms with van der Waals surface area (Å²) >= 11 is 0. The first-order chi connectivity index (χ1) is 13.4. The summed E-state index contributed by atoms with van der Waals surface area (Å²) in [5.74, 6) is -0.374. The third kappa shape index (κ3) is 4.35. The molecule has 148 valence electrons. The highest BCUT2D eigenvalue weighted by Crippen LogP contribution is 2.38. The molecule has 0 unspecified atom stereocenters. The lowest BCUT2D eigenvalue weighted by Crippen LogP contribution is -2.25. The molecular formula is C20H21F3N4O. The summed E-state index contributed by atoms with van der Waals surface area (Å²) < 4.78 is 46.0. The number of hydrogen-bond acceptors (Lipinski definition) is 5. The Balaban J connectivity index is 2.01. The maximum atomic E-state index is 13.4. The maximum Gasteiger partial charge on any atom is 0.423 e. The number of anilines is 2. The number of hydrogen-bond donors (Lipinski definition) is 0. The van der Waals surface area contributed by atoms with Gasteiger partial charge in [-0.1, -0.05) is 18.6 Å². The van der Waals surface area contributed by atoms with E-state index in [0.29, 0.717) is 30.6 Å². The molecule has 1 saturated carbocycles. The van der Waals surface area contributed by atoms with E-state index in [1.165, 1.54) is 0 Å². The summed E-state index contributed by atoms with van der Waals surface area (Å²) in [6, 6.07) is 8.92. The highest BCUT2D eigenvalue weighted by atomic mass is 19.4. The van der Waals surface area contributed by atoms with Crippen molar-refractivity contribution in [3.05, 3.63) is 41.6 Å². The molecule has 5 nitrogen and oxygen atoms in total. The molecular weight excluding hydrogens is 369 g/mol. The van der Waals surface area contributed by atoms with Crippen LogP contribution in [0.5, 0.6) is 5.88 Å². The molecule has 1 aromatic heterocycles. The SMILES string of the molecule is CCN(c1ncc(C(F)(F)F)c(OC2CCCCC2)n1)c1ccccc1C#N. The summed E-state index contributed by atoms with van der Waals surface area (Å²) in [5, 5.41) is 9.34. The minimum absolute atomic E-state index is 0.0732. The molecule has 0 N–H and O–H groups in total. The second-order valence-electron chi connectivity index (χ2n) is 6.64. The van der Waals surface area contributed by atoms with Crippen molar-refractivity contribution in [2.45, 2.75) is 51.3 Å². The topological polar surface area (TPSA) is 62.0 Å². The zero-order chi connectivity index (χ0) is 20.1. The Bertz CT molecular complexity index is 857. The molecule has 0 amide bonds. The monoisotopic (exact) mass is 390 g/mol. The van der Waals surface area contributed by atoms with Crippen molar-refractivity contribution in [3.8, 4) is 11.9 Å². The zero-order valence-electron chi connectivity index (χ0n) is 15.5. The van der Waals surface area contributed by atoms with Gasteiger partial charge in [0.1, 0.15) is 17.7 Å². The Hall–Kier alpha value is -2.82. The van der Waals surface area contributed by atoms with E-state index >= 15 is 0 Å². The molecule has 1 aliphatic rings. The number of aromatic nitrogens is 2. The van der Waals surface area contributed by atoms with E-state index in [1.807, 2.05) is 6.92 Å². The van der Waals surface area contributed by atoms with Gasteiger partial charge in [0, 0.05) is 12.7 Å². The Morgan fingerprint density at radius 3 is 2.57 bits per heavy atom. The Morgan fingerprint density at radius 1 is 1.21 bits per heavy atom. The summed E-state index contributed by atoms with van der Waals surface area (Å²) in [6.45, 7) is 2.20. The van der Waals surface area contributed by atoms with Crippen LogP contribution in [0, 0.1) is 11.3 Å². The van der Waals surface area contributed by atoms with Gasteiger partial charge in [-0.15, -0.1) is 0 Å². The largest absolute Gasteiger partial charge is 0.474 e. The van der Waals surface area contributed by atoms with Crippen LogP contribution < -0.4 is 9.64 Å². The normalized spacial score (nSPS) is 15.1. The lowest BCUT2D eigenvalue weighted by Gasteiger charge is -2.26. The molecule has 8 heteroatoms. The number of ether oxygens (including phenoxy) is 1. The first-order valence-electron chi connectivity index (χ1n) is 9.31. The molecule has 0 radical (unpaired) electrons. The summed E-state index contributed by atoms with van der Waals surface area (Å²) in [7, 11) is 0. The van der Waals surface area contributed by atoms with E-state index in [0.717, 1.165) is 25.5 Å². The Morgan fingerprint density at radius 2 is 1.93 bits per heavy atom. The summed E-state index contributed by atoms with van der Waals surface area (Å²) in [5.41, 5.74) is -0.0510. The predicted octanol–water partition coefficient (Wildman–Crippen LogP) is 5.24. The number of nitriles is 1. The third-order valence-electron chi connectivity index (χ3n) is 4.75. The van der Waals surface area contributed by atoms with Gasteiger partial charge >= 0.3 is 6.18 Å². The summed E-state index contributed by atoms with van der Waals surface area (Å²) in [6.07, 6.45) is 0.231. The lowest BCUT2D eigenvalue weighted by molar-refractivity contribution is -0.140. The van der Waals surface area contributed by atoms with Gasteiger partial charge < -0.3 is 9.64 Å². The van der Waals surface area contributed by atoms with Crippen LogP contribution >= 0.6 is 0 Å². The van der Waals surface area contributed by atoms with Crippen molar-refractivity contribution in [1.82, 2.24) is 9.97 Å². The minimum atomic E-state index is -4.61. The van der Waals surface area contributed by atoms with Gasteiger partial charge in [0.2, 0.25) is 11.8 Å². The van der Waals surface area contributed by atoms with E-state index < -0.39 is 17.6 Å². The van der Waals surface area contributed by atoms with Gasteiger partial charge in [0.15, 0.2) is 0 Å². The Labute approximate surface area is 161 Å². The van der Waals surface area contributed by atoms with Crippen LogP contribution in [-0.4, -0.2) is 22.6 Å². The average molecular weight is 390 g/mol. The fourth-order valence-electron chi connectivity index (χ4n) is 3.34. The van der Waals surface area contributed by atoms with Crippen molar-refractivity contribution in [3.63, 3.8) is 0 Å². The van der Waals surface area contributed by atoms with Gasteiger partial charge in [0.25, 0.3) is 0 Å². The zero-order valence-corrected chi connectivity index (χ0v) is 15.5. The second-order valence-corrected chi connectivity index (χ2v) is 6.64. The molecule has 1 heterocycles. The average Bonchev–Trinajstić information content (AvgIpc) is 2.69. The smallest absolute Gasteiger partial charge is 0.423 e. The van der Waals surface area contributed by atoms with Crippen LogP contribution in [0.25, 0.3) is 0 Å². The number of rotatable bonds is 5. The predicted molar refractivity (Wildman–Crippen MR) is 98.4 cm³/mol. The van der Waals surface area contributed by atoms with E-state index in [9.17, 15) is 18.4 Å². The van der Waals surface area contributed by atoms with E-state index in [1.54, 1.807) is 29.2 Å². The maximum absolute atomic E-state index is 13.4. The Kier molecular flexibility index (Phi) is 6.02. The van der Waals surface area contributed by atoms with E-state index in [2.05, 4.69) is 16.0 Å². The van der Waals surface area contributed by atoms with Crippen LogP contribution in [0.4, 0.5) is 24.8 Å². The van der Waals surface area contributed by atoms with Crippen molar-refractivity contribution < 1.29 is 17.9 Å². The highest BCUT2D eigenvalue weighted by Gasteiger charge is 2.37. The van der Waals surface area contributed by atoms with Gasteiger partial charge in [-0.3, -0.25) is 0 Å². The number of benzene rings is 1. The lowest BCUT2D eigenvalue weighted by atomic mass is 9.98. The molecule has 0 aliphatic heterocycles. The standard InChI is InChI=1S/C20H21F3N4O/c1-2-27(17-11-7-6-8-14(17)12-24)19-25-13-16(20(21,22)23)18(26-19)28-15-9-4-3-5-10-15/h6-8,11,13,15H,2-5,9-10H2,1H3. The van der Waals surface area contributed by atoms with Crippen LogP contribution in [0.1, 0.15) is 50.2 Å². The minimum Gasteiger partial charge on any atom is -0.474 e. The van der Waals surface area contributed by atoms with Crippen molar-refractivity contribution in [1.29, 1.82) is 5.26 Å². The van der Waals surface area contributed by atoms with Crippen LogP contribution in [-0.2, 0) is 6.18 Å². The summed E-state index contributed by atoms with van der Waals surface area (Å²) in [4.78, 5) is 9.65. The fraction of sp³-hybridized carbons (Fsp3) is 0.450. The van der Waals surface area contributed by atoms with Gasteiger partial charge in [-0.2, -0.15) is 23.4 Å². The van der Waals surface area contributed by atoms with Crippen LogP contribution in [0.2, 0.25) is 0 Å². The van der Waals surface area contributed by atoms with Crippen LogP contribution in [0.15, 0.2) is 30.5 Å². The molecule has 0 bridgehead atoms. The van der Waals surface area contributed by atoms with Crippen molar-refractivity contribution >= 4 is 11.6 Å². The van der Waals surface area contributed by atoms with Gasteiger partial charge in [-0.05, 0) is 44.7 Å². The second kappa shape index (κ2) is 8.46. The molecule has 0 spiro atoms. The molecule has 1 aliphatic carbocycles. The molecule has 2 aromatic rings. The quantitative estimate of drug-likeness (QED) is 0.699. The van der Waals surface area contributed by atoms with E-state index in [4.69, 9.17) is 4.74 Å². The number of para-hydroxylation sites is 1. The number of nitrogens with zero attached hydrogens (tertiary/aromatic N) is 4. The number of alkyl halides is 3. The first kappa shape index (κ1) is 19.9. The fourth-order valence-corrected chi connectivity index (χ4v) is 3.34. The van der Waals surface area contributed by atoms with E-state index in [-0.39, 0.29) is 12.1 Å². The molecule has 0 saturated heterocycles. The van der Waals surface area contributed by atoms with Crippen molar-refractivity contribution in [2.75, 3.05) is 11.4 Å². The number of halogens is 3. The van der Waals surface area contributed by atoms with Gasteiger partial charge in [-0.25, -0.2) is 4.98 Å². The van der Waals surface area contributed by atoms with Crippen LogP contribution in [0.3, 0.4) is 0 Å². The molecule has 28 heavy (non-hydrogen) atoms.